The van der Waals surface area contributed by atoms with Crippen molar-refractivity contribution in [2.75, 3.05) is 31.1 Å². The second-order valence-corrected chi connectivity index (χ2v) is 8.82. The number of aliphatic imine (C=N–C) groups is 1. The van der Waals surface area contributed by atoms with Gasteiger partial charge >= 0.3 is 0 Å². The molecule has 1 aromatic rings. The Morgan fingerprint density at radius 2 is 2.23 bits per heavy atom. The summed E-state index contributed by atoms with van der Waals surface area (Å²) < 4.78 is 2.21. The number of rotatable bonds is 3. The van der Waals surface area contributed by atoms with Crippen LogP contribution < -0.4 is 0 Å². The molecule has 0 saturated carbocycles. The average Bonchev–Trinajstić information content (AvgIpc) is 3.06. The van der Waals surface area contributed by atoms with Crippen LogP contribution >= 0.6 is 39.5 Å². The standard InChI is InChI=1S/C16H19BrN2OS2/c17-14-3-1-2-13(10-14)15(20)19-7-4-12(5-8-19)11-22-16-18-6-9-21-16/h1-3,10,12H,4-9,11H2. The van der Waals surface area contributed by atoms with Crippen molar-refractivity contribution >= 4 is 49.7 Å². The van der Waals surface area contributed by atoms with Gasteiger partial charge in [0.05, 0.1) is 6.54 Å². The summed E-state index contributed by atoms with van der Waals surface area (Å²) in [6.45, 7) is 2.72. The second kappa shape index (κ2) is 7.88. The van der Waals surface area contributed by atoms with Gasteiger partial charge in [0, 0.05) is 34.6 Å². The van der Waals surface area contributed by atoms with E-state index in [0.29, 0.717) is 5.92 Å². The molecule has 0 unspecified atom stereocenters. The molecular weight excluding hydrogens is 380 g/mol. The van der Waals surface area contributed by atoms with Crippen molar-refractivity contribution in [1.29, 1.82) is 0 Å². The van der Waals surface area contributed by atoms with Crippen LogP contribution in [0.1, 0.15) is 23.2 Å². The van der Waals surface area contributed by atoms with Crippen LogP contribution in [0.15, 0.2) is 33.7 Å². The maximum atomic E-state index is 12.5. The van der Waals surface area contributed by atoms with E-state index in [1.165, 1.54) is 4.38 Å². The zero-order valence-corrected chi connectivity index (χ0v) is 15.6. The Morgan fingerprint density at radius 1 is 1.41 bits per heavy atom. The smallest absolute Gasteiger partial charge is 0.253 e. The maximum absolute atomic E-state index is 12.5. The SMILES string of the molecule is O=C(c1cccc(Br)c1)N1CCC(CSC2=NCCS2)CC1. The molecule has 0 aliphatic carbocycles. The Hall–Kier alpha value is -0.460. The lowest BCUT2D eigenvalue weighted by molar-refractivity contribution is 0.0698. The third kappa shape index (κ3) is 4.30. The normalized spacial score (nSPS) is 19.3. The monoisotopic (exact) mass is 398 g/mol. The molecule has 3 nitrogen and oxygen atoms in total. The summed E-state index contributed by atoms with van der Waals surface area (Å²) in [5.41, 5.74) is 0.777. The van der Waals surface area contributed by atoms with Gasteiger partial charge in [-0.25, -0.2) is 0 Å². The van der Waals surface area contributed by atoms with Gasteiger partial charge in [0.1, 0.15) is 4.38 Å². The number of halogens is 1. The molecule has 3 rings (SSSR count). The van der Waals surface area contributed by atoms with Gasteiger partial charge in [-0.2, -0.15) is 0 Å². The number of benzene rings is 1. The van der Waals surface area contributed by atoms with Crippen molar-refractivity contribution in [3.05, 3.63) is 34.3 Å². The van der Waals surface area contributed by atoms with Gasteiger partial charge in [-0.15, -0.1) is 0 Å². The molecule has 0 bridgehead atoms. The predicted octanol–water partition coefficient (Wildman–Crippen LogP) is 4.14. The summed E-state index contributed by atoms with van der Waals surface area (Å²) in [6, 6.07) is 7.66. The number of hydrogen-bond donors (Lipinski definition) is 0. The highest BCUT2D eigenvalue weighted by Crippen LogP contribution is 2.28. The highest BCUT2D eigenvalue weighted by atomic mass is 79.9. The fourth-order valence-electron chi connectivity index (χ4n) is 2.70. The van der Waals surface area contributed by atoms with Gasteiger partial charge in [-0.3, -0.25) is 9.79 Å². The quantitative estimate of drug-likeness (QED) is 0.766. The Morgan fingerprint density at radius 3 is 2.91 bits per heavy atom. The zero-order chi connectivity index (χ0) is 15.4. The number of carbonyl (C=O) groups excluding carboxylic acids is 1. The van der Waals surface area contributed by atoms with Gasteiger partial charge in [0.15, 0.2) is 0 Å². The third-order valence-electron chi connectivity index (χ3n) is 3.97. The van der Waals surface area contributed by atoms with Crippen LogP contribution in [-0.4, -0.2) is 46.3 Å². The van der Waals surface area contributed by atoms with E-state index in [2.05, 4.69) is 20.9 Å². The molecule has 2 aliphatic heterocycles. The zero-order valence-electron chi connectivity index (χ0n) is 12.3. The predicted molar refractivity (Wildman–Crippen MR) is 100.0 cm³/mol. The highest BCUT2D eigenvalue weighted by Gasteiger charge is 2.24. The number of amides is 1. The van der Waals surface area contributed by atoms with Crippen LogP contribution in [0.25, 0.3) is 0 Å². The van der Waals surface area contributed by atoms with Gasteiger partial charge < -0.3 is 4.90 Å². The minimum atomic E-state index is 0.156. The number of carbonyl (C=O) groups is 1. The molecule has 1 fully saturated rings. The van der Waals surface area contributed by atoms with Gasteiger partial charge in [0.25, 0.3) is 5.91 Å². The van der Waals surface area contributed by atoms with Crippen molar-refractivity contribution in [1.82, 2.24) is 4.90 Å². The van der Waals surface area contributed by atoms with Gasteiger partial charge in [-0.1, -0.05) is 45.5 Å². The maximum Gasteiger partial charge on any atom is 0.253 e. The van der Waals surface area contributed by atoms with E-state index in [4.69, 9.17) is 0 Å². The van der Waals surface area contributed by atoms with Gasteiger partial charge in [-0.05, 0) is 37.0 Å². The number of likely N-dealkylation sites (tertiary alicyclic amines) is 1. The topological polar surface area (TPSA) is 32.7 Å². The molecule has 0 radical (unpaired) electrons. The molecule has 1 amide bonds. The molecule has 0 atom stereocenters. The molecule has 2 aliphatic rings. The Kier molecular flexibility index (Phi) is 5.88. The van der Waals surface area contributed by atoms with Crippen LogP contribution in [0.5, 0.6) is 0 Å². The molecule has 118 valence electrons. The molecule has 0 spiro atoms. The van der Waals surface area contributed by atoms with Crippen molar-refractivity contribution in [2.24, 2.45) is 10.9 Å². The molecule has 6 heteroatoms. The van der Waals surface area contributed by atoms with Crippen LogP contribution in [0, 0.1) is 5.92 Å². The average molecular weight is 399 g/mol. The number of hydrogen-bond acceptors (Lipinski definition) is 4. The first-order valence-corrected chi connectivity index (χ1v) is 10.3. The Bertz CT molecular complexity index is 571. The fourth-order valence-corrected chi connectivity index (χ4v) is 5.32. The first-order chi connectivity index (χ1) is 10.7. The lowest BCUT2D eigenvalue weighted by Gasteiger charge is -2.32. The van der Waals surface area contributed by atoms with Gasteiger partial charge in [0.2, 0.25) is 0 Å². The molecule has 0 aromatic heterocycles. The van der Waals surface area contributed by atoms with Crippen molar-refractivity contribution in [3.63, 3.8) is 0 Å². The van der Waals surface area contributed by atoms with Crippen molar-refractivity contribution in [3.8, 4) is 0 Å². The molecule has 2 heterocycles. The van der Waals surface area contributed by atoms with E-state index in [-0.39, 0.29) is 5.91 Å². The molecule has 0 N–H and O–H groups in total. The summed E-state index contributed by atoms with van der Waals surface area (Å²) in [5.74, 6) is 3.15. The summed E-state index contributed by atoms with van der Waals surface area (Å²) in [5, 5.41) is 0. The summed E-state index contributed by atoms with van der Waals surface area (Å²) in [4.78, 5) is 19.0. The lowest BCUT2D eigenvalue weighted by Crippen LogP contribution is -2.39. The van der Waals surface area contributed by atoms with Crippen molar-refractivity contribution < 1.29 is 4.79 Å². The minimum absolute atomic E-state index is 0.156. The second-order valence-electron chi connectivity index (χ2n) is 5.55. The van der Waals surface area contributed by atoms with Crippen LogP contribution in [0.4, 0.5) is 0 Å². The van der Waals surface area contributed by atoms with E-state index < -0.39 is 0 Å². The number of nitrogens with zero attached hydrogens (tertiary/aromatic N) is 2. The summed E-state index contributed by atoms with van der Waals surface area (Å²) in [6.07, 6.45) is 2.20. The van der Waals surface area contributed by atoms with Crippen LogP contribution in [-0.2, 0) is 0 Å². The highest BCUT2D eigenvalue weighted by molar-refractivity contribution is 9.10. The summed E-state index contributed by atoms with van der Waals surface area (Å²) >= 11 is 7.21. The van der Waals surface area contributed by atoms with E-state index >= 15 is 0 Å². The molecule has 1 saturated heterocycles. The lowest BCUT2D eigenvalue weighted by atomic mass is 9.98. The third-order valence-corrected chi connectivity index (χ3v) is 6.95. The van der Waals surface area contributed by atoms with Crippen LogP contribution in [0.3, 0.4) is 0 Å². The number of piperidine rings is 1. The first kappa shape index (κ1) is 16.4. The summed E-state index contributed by atoms with van der Waals surface area (Å²) in [7, 11) is 0. The minimum Gasteiger partial charge on any atom is -0.339 e. The van der Waals surface area contributed by atoms with E-state index in [9.17, 15) is 4.79 Å². The van der Waals surface area contributed by atoms with Crippen LogP contribution in [0.2, 0.25) is 0 Å². The van der Waals surface area contributed by atoms with E-state index in [1.807, 2.05) is 52.7 Å². The van der Waals surface area contributed by atoms with E-state index in [0.717, 1.165) is 54.0 Å². The first-order valence-electron chi connectivity index (χ1n) is 7.57. The largest absolute Gasteiger partial charge is 0.339 e. The molecule has 1 aromatic carbocycles. The Labute approximate surface area is 148 Å². The molecule has 22 heavy (non-hydrogen) atoms. The van der Waals surface area contributed by atoms with Crippen molar-refractivity contribution in [2.45, 2.75) is 12.8 Å². The van der Waals surface area contributed by atoms with E-state index in [1.54, 1.807) is 0 Å². The fraction of sp³-hybridized carbons (Fsp3) is 0.500. The number of thioether (sulfide) groups is 2. The Balaban J connectivity index is 1.47. The molecular formula is C16H19BrN2OS2.